The summed E-state index contributed by atoms with van der Waals surface area (Å²) in [5, 5.41) is 0. The number of ether oxygens (including phenoxy) is 1. The van der Waals surface area contributed by atoms with E-state index < -0.39 is 11.9 Å². The molecule has 0 aliphatic carbocycles. The first-order valence-corrected chi connectivity index (χ1v) is 5.23. The third kappa shape index (κ3) is 2.57. The molecule has 0 bridgehead atoms. The maximum atomic E-state index is 11.3. The van der Waals surface area contributed by atoms with E-state index in [2.05, 4.69) is 4.74 Å². The molecule has 1 saturated heterocycles. The molecule has 1 heterocycles. The van der Waals surface area contributed by atoms with Crippen LogP contribution in [0.25, 0.3) is 6.08 Å². The monoisotopic (exact) mass is 216 g/mol. The molecular weight excluding hydrogens is 204 g/mol. The van der Waals surface area contributed by atoms with Crippen molar-refractivity contribution in [2.45, 2.75) is 12.8 Å². The largest absolute Gasteiger partial charge is 0.393 e. The van der Waals surface area contributed by atoms with E-state index in [1.807, 2.05) is 36.4 Å². The predicted octanol–water partition coefficient (Wildman–Crippen LogP) is 2.18. The zero-order valence-corrected chi connectivity index (χ0v) is 8.76. The van der Waals surface area contributed by atoms with Gasteiger partial charge in [0.05, 0.1) is 5.92 Å². The van der Waals surface area contributed by atoms with Crippen LogP contribution in [-0.4, -0.2) is 11.9 Å². The molecule has 1 atom stereocenters. The van der Waals surface area contributed by atoms with Gasteiger partial charge in [0, 0.05) is 6.42 Å². The standard InChI is InChI=1S/C13H12O3/c14-12-9-8-11(13(15)16-12)7-6-10-4-2-1-3-5-10/h1-7,11H,8-9H2. The van der Waals surface area contributed by atoms with E-state index in [9.17, 15) is 9.59 Å². The molecule has 1 aliphatic rings. The minimum absolute atomic E-state index is 0.294. The van der Waals surface area contributed by atoms with Gasteiger partial charge < -0.3 is 4.74 Å². The lowest BCUT2D eigenvalue weighted by Gasteiger charge is -2.15. The van der Waals surface area contributed by atoms with Gasteiger partial charge >= 0.3 is 11.9 Å². The molecule has 1 aromatic carbocycles. The van der Waals surface area contributed by atoms with Crippen LogP contribution in [0.4, 0.5) is 0 Å². The SMILES string of the molecule is O=C1CCC(C=Cc2ccccc2)C(=O)O1. The van der Waals surface area contributed by atoms with Crippen LogP contribution in [0.1, 0.15) is 18.4 Å². The molecule has 0 aromatic heterocycles. The summed E-state index contributed by atoms with van der Waals surface area (Å²) in [4.78, 5) is 22.2. The van der Waals surface area contributed by atoms with Crippen LogP contribution in [0.3, 0.4) is 0 Å². The average Bonchev–Trinajstić information content (AvgIpc) is 2.29. The van der Waals surface area contributed by atoms with Crippen molar-refractivity contribution < 1.29 is 14.3 Å². The van der Waals surface area contributed by atoms with Gasteiger partial charge in [-0.3, -0.25) is 9.59 Å². The molecule has 0 N–H and O–H groups in total. The summed E-state index contributed by atoms with van der Waals surface area (Å²) in [5.74, 6) is -1.16. The third-order valence-corrected chi connectivity index (χ3v) is 2.50. The molecule has 3 nitrogen and oxygen atoms in total. The van der Waals surface area contributed by atoms with Crippen molar-refractivity contribution in [1.29, 1.82) is 0 Å². The number of carbonyl (C=O) groups excluding carboxylic acids is 2. The minimum atomic E-state index is -0.441. The summed E-state index contributed by atoms with van der Waals surface area (Å²) >= 11 is 0. The zero-order valence-electron chi connectivity index (χ0n) is 8.76. The Bertz CT molecular complexity index is 420. The quantitative estimate of drug-likeness (QED) is 0.562. The average molecular weight is 216 g/mol. The Morgan fingerprint density at radius 1 is 1.19 bits per heavy atom. The van der Waals surface area contributed by atoms with Crippen molar-refractivity contribution in [3.63, 3.8) is 0 Å². The second-order valence-corrected chi connectivity index (χ2v) is 3.71. The van der Waals surface area contributed by atoms with Crippen LogP contribution in [-0.2, 0) is 14.3 Å². The highest BCUT2D eigenvalue weighted by Gasteiger charge is 2.26. The van der Waals surface area contributed by atoms with Gasteiger partial charge in [0.25, 0.3) is 0 Å². The summed E-state index contributed by atoms with van der Waals surface area (Å²) in [6.07, 6.45) is 4.53. The second kappa shape index (κ2) is 4.75. The molecule has 0 saturated carbocycles. The lowest BCUT2D eigenvalue weighted by molar-refractivity contribution is -0.165. The van der Waals surface area contributed by atoms with Crippen LogP contribution in [0.5, 0.6) is 0 Å². The number of benzene rings is 1. The predicted molar refractivity (Wildman–Crippen MR) is 59.3 cm³/mol. The lowest BCUT2D eigenvalue weighted by atomic mass is 9.99. The van der Waals surface area contributed by atoms with Gasteiger partial charge in [0.1, 0.15) is 0 Å². The van der Waals surface area contributed by atoms with Crippen molar-refractivity contribution in [2.75, 3.05) is 0 Å². The van der Waals surface area contributed by atoms with Crippen molar-refractivity contribution in [2.24, 2.45) is 5.92 Å². The molecular formula is C13H12O3. The van der Waals surface area contributed by atoms with E-state index in [0.717, 1.165) is 5.56 Å². The van der Waals surface area contributed by atoms with E-state index in [1.54, 1.807) is 6.08 Å². The van der Waals surface area contributed by atoms with E-state index in [4.69, 9.17) is 0 Å². The maximum absolute atomic E-state index is 11.3. The maximum Gasteiger partial charge on any atom is 0.320 e. The lowest BCUT2D eigenvalue weighted by Crippen LogP contribution is -2.26. The van der Waals surface area contributed by atoms with Crippen LogP contribution < -0.4 is 0 Å². The number of rotatable bonds is 2. The van der Waals surface area contributed by atoms with Gasteiger partial charge in [-0.2, -0.15) is 0 Å². The fourth-order valence-corrected chi connectivity index (χ4v) is 1.60. The fourth-order valence-electron chi connectivity index (χ4n) is 1.60. The topological polar surface area (TPSA) is 43.4 Å². The molecule has 0 spiro atoms. The Morgan fingerprint density at radius 2 is 1.94 bits per heavy atom. The van der Waals surface area contributed by atoms with Gasteiger partial charge in [-0.15, -0.1) is 0 Å². The summed E-state index contributed by atoms with van der Waals surface area (Å²) in [6.45, 7) is 0. The van der Waals surface area contributed by atoms with Crippen LogP contribution in [0.2, 0.25) is 0 Å². The highest BCUT2D eigenvalue weighted by molar-refractivity contribution is 5.90. The van der Waals surface area contributed by atoms with Crippen molar-refractivity contribution in [3.8, 4) is 0 Å². The summed E-state index contributed by atoms with van der Waals surface area (Å²) in [5.41, 5.74) is 1.03. The Balaban J connectivity index is 2.02. The molecule has 16 heavy (non-hydrogen) atoms. The van der Waals surface area contributed by atoms with E-state index >= 15 is 0 Å². The molecule has 3 heteroatoms. The fraction of sp³-hybridized carbons (Fsp3) is 0.231. The Kier molecular flexibility index (Phi) is 3.15. The number of hydrogen-bond donors (Lipinski definition) is 0. The van der Waals surface area contributed by atoms with Gasteiger partial charge in [0.2, 0.25) is 0 Å². The molecule has 82 valence electrons. The highest BCUT2D eigenvalue weighted by Crippen LogP contribution is 2.18. The van der Waals surface area contributed by atoms with Crippen molar-refractivity contribution >= 4 is 18.0 Å². The number of carbonyl (C=O) groups is 2. The summed E-state index contributed by atoms with van der Waals surface area (Å²) in [6, 6.07) is 9.71. The number of hydrogen-bond acceptors (Lipinski definition) is 3. The smallest absolute Gasteiger partial charge is 0.320 e. The normalized spacial score (nSPS) is 21.1. The molecule has 1 fully saturated rings. The van der Waals surface area contributed by atoms with E-state index in [0.29, 0.717) is 12.8 Å². The molecule has 2 rings (SSSR count). The number of esters is 2. The van der Waals surface area contributed by atoms with E-state index in [-0.39, 0.29) is 5.92 Å². The van der Waals surface area contributed by atoms with Gasteiger partial charge in [0.15, 0.2) is 0 Å². The van der Waals surface area contributed by atoms with Crippen molar-refractivity contribution in [3.05, 3.63) is 42.0 Å². The Morgan fingerprint density at radius 3 is 2.62 bits per heavy atom. The highest BCUT2D eigenvalue weighted by atomic mass is 16.6. The Hall–Kier alpha value is -1.90. The first-order chi connectivity index (χ1) is 7.75. The molecule has 1 aromatic rings. The molecule has 0 amide bonds. The van der Waals surface area contributed by atoms with Gasteiger partial charge in [-0.05, 0) is 12.0 Å². The summed E-state index contributed by atoms with van der Waals surface area (Å²) in [7, 11) is 0. The zero-order chi connectivity index (χ0) is 11.4. The van der Waals surface area contributed by atoms with Gasteiger partial charge in [-0.25, -0.2) is 0 Å². The second-order valence-electron chi connectivity index (χ2n) is 3.71. The van der Waals surface area contributed by atoms with E-state index in [1.165, 1.54) is 0 Å². The van der Waals surface area contributed by atoms with Gasteiger partial charge in [-0.1, -0.05) is 42.5 Å². The van der Waals surface area contributed by atoms with Crippen LogP contribution in [0, 0.1) is 5.92 Å². The molecule has 0 radical (unpaired) electrons. The van der Waals surface area contributed by atoms with Crippen LogP contribution in [0.15, 0.2) is 36.4 Å². The third-order valence-electron chi connectivity index (χ3n) is 2.50. The first kappa shape index (κ1) is 10.6. The first-order valence-electron chi connectivity index (χ1n) is 5.23. The number of cyclic esters (lactones) is 2. The molecule has 1 aliphatic heterocycles. The van der Waals surface area contributed by atoms with Crippen molar-refractivity contribution in [1.82, 2.24) is 0 Å². The summed E-state index contributed by atoms with van der Waals surface area (Å²) < 4.78 is 4.56. The van der Waals surface area contributed by atoms with Crippen LogP contribution >= 0.6 is 0 Å². The Labute approximate surface area is 93.7 Å². The molecule has 1 unspecified atom stereocenters. The minimum Gasteiger partial charge on any atom is -0.393 e.